The van der Waals surface area contributed by atoms with Crippen molar-refractivity contribution in [1.29, 1.82) is 0 Å². The molecule has 0 aromatic carbocycles. The van der Waals surface area contributed by atoms with Crippen LogP contribution in [0, 0.1) is 0 Å². The van der Waals surface area contributed by atoms with Crippen LogP contribution in [0.1, 0.15) is 10.6 Å². The first-order chi connectivity index (χ1) is 7.25. The van der Waals surface area contributed by atoms with Gasteiger partial charge >= 0.3 is 0 Å². The lowest BCUT2D eigenvalue weighted by atomic mass is 10.4. The lowest BCUT2D eigenvalue weighted by Crippen LogP contribution is -2.11. The number of pyridine rings is 1. The van der Waals surface area contributed by atoms with Gasteiger partial charge in [-0.25, -0.2) is 4.98 Å². The second-order valence-electron chi connectivity index (χ2n) is 2.79. The van der Waals surface area contributed by atoms with Crippen LogP contribution in [0.3, 0.4) is 0 Å². The Kier molecular flexibility index (Phi) is 2.69. The lowest BCUT2D eigenvalue weighted by Gasteiger charge is -2.01. The zero-order chi connectivity index (χ0) is 10.7. The molecule has 2 heterocycles. The number of hydrogen-bond donors (Lipinski definition) is 1. The van der Waals surface area contributed by atoms with E-state index in [1.165, 1.54) is 12.5 Å². The van der Waals surface area contributed by atoms with Gasteiger partial charge in [0.2, 0.25) is 0 Å². The van der Waals surface area contributed by atoms with Gasteiger partial charge in [-0.2, -0.15) is 0 Å². The highest BCUT2D eigenvalue weighted by Gasteiger charge is 2.08. The second kappa shape index (κ2) is 4.14. The monoisotopic (exact) mass is 222 g/mol. The fourth-order valence-electron chi connectivity index (χ4n) is 1.06. The van der Waals surface area contributed by atoms with Gasteiger partial charge in [-0.15, -0.1) is 0 Å². The molecule has 2 aromatic rings. The molecule has 0 atom stereocenters. The van der Waals surface area contributed by atoms with Crippen molar-refractivity contribution in [1.82, 2.24) is 4.98 Å². The number of furan rings is 1. The van der Waals surface area contributed by atoms with E-state index in [-0.39, 0.29) is 11.7 Å². The maximum absolute atomic E-state index is 11.5. The fourth-order valence-corrected chi connectivity index (χ4v) is 1.22. The van der Waals surface area contributed by atoms with Gasteiger partial charge in [0, 0.05) is 11.2 Å². The molecule has 0 aliphatic heterocycles. The molecule has 0 radical (unpaired) electrons. The number of carbonyl (C=O) groups excluding carboxylic acids is 1. The maximum Gasteiger partial charge on any atom is 0.292 e. The highest BCUT2D eigenvalue weighted by molar-refractivity contribution is 6.30. The quantitative estimate of drug-likeness (QED) is 0.850. The van der Waals surface area contributed by atoms with Crippen LogP contribution in [0.4, 0.5) is 5.82 Å². The molecular formula is C10H7ClN2O2. The molecule has 4 nitrogen and oxygen atoms in total. The van der Waals surface area contributed by atoms with Gasteiger partial charge in [0.25, 0.3) is 5.91 Å². The molecule has 0 bridgehead atoms. The van der Waals surface area contributed by atoms with Gasteiger partial charge in [-0.1, -0.05) is 11.6 Å². The molecule has 15 heavy (non-hydrogen) atoms. The third kappa shape index (κ3) is 2.35. The van der Waals surface area contributed by atoms with Crippen LogP contribution in [-0.4, -0.2) is 10.9 Å². The first-order valence-corrected chi connectivity index (χ1v) is 4.60. The van der Waals surface area contributed by atoms with Gasteiger partial charge in [-0.3, -0.25) is 4.79 Å². The van der Waals surface area contributed by atoms with E-state index in [0.717, 1.165) is 0 Å². The molecule has 76 valence electrons. The molecule has 0 aliphatic rings. The molecule has 2 rings (SSSR count). The largest absolute Gasteiger partial charge is 0.459 e. The van der Waals surface area contributed by atoms with E-state index in [4.69, 9.17) is 16.0 Å². The van der Waals surface area contributed by atoms with E-state index in [0.29, 0.717) is 10.8 Å². The van der Waals surface area contributed by atoms with Crippen molar-refractivity contribution >= 4 is 23.3 Å². The van der Waals surface area contributed by atoms with Crippen LogP contribution in [0.2, 0.25) is 5.02 Å². The van der Waals surface area contributed by atoms with Crippen molar-refractivity contribution in [2.24, 2.45) is 0 Å². The number of carbonyl (C=O) groups is 1. The number of rotatable bonds is 2. The van der Waals surface area contributed by atoms with Crippen LogP contribution in [0.5, 0.6) is 0 Å². The van der Waals surface area contributed by atoms with E-state index in [9.17, 15) is 4.79 Å². The summed E-state index contributed by atoms with van der Waals surface area (Å²) >= 11 is 5.74. The van der Waals surface area contributed by atoms with Crippen molar-refractivity contribution in [3.8, 4) is 0 Å². The van der Waals surface area contributed by atoms with E-state index in [1.54, 1.807) is 24.3 Å². The van der Waals surface area contributed by atoms with Crippen LogP contribution in [0.25, 0.3) is 0 Å². The summed E-state index contributed by atoms with van der Waals surface area (Å²) in [6, 6.07) is 6.40. The summed E-state index contributed by atoms with van der Waals surface area (Å²) in [6.45, 7) is 0. The molecule has 0 saturated carbocycles. The third-order valence-electron chi connectivity index (χ3n) is 1.71. The summed E-state index contributed by atoms with van der Waals surface area (Å²) in [4.78, 5) is 15.4. The fraction of sp³-hybridized carbons (Fsp3) is 0. The molecule has 1 N–H and O–H groups in total. The Morgan fingerprint density at radius 2 is 2.33 bits per heavy atom. The third-order valence-corrected chi connectivity index (χ3v) is 1.94. The highest BCUT2D eigenvalue weighted by Crippen LogP contribution is 2.12. The summed E-state index contributed by atoms with van der Waals surface area (Å²) in [5, 5.41) is 3.07. The van der Waals surface area contributed by atoms with E-state index < -0.39 is 0 Å². The van der Waals surface area contributed by atoms with E-state index in [2.05, 4.69) is 10.3 Å². The molecular weight excluding hydrogens is 216 g/mol. The number of halogens is 1. The van der Waals surface area contributed by atoms with Gasteiger partial charge in [0.1, 0.15) is 5.82 Å². The Balaban J connectivity index is 2.13. The Morgan fingerprint density at radius 3 is 3.00 bits per heavy atom. The smallest absolute Gasteiger partial charge is 0.292 e. The molecule has 5 heteroatoms. The lowest BCUT2D eigenvalue weighted by molar-refractivity contribution is 0.0996. The van der Waals surface area contributed by atoms with E-state index in [1.807, 2.05) is 0 Å². The topological polar surface area (TPSA) is 55.1 Å². The van der Waals surface area contributed by atoms with Gasteiger partial charge < -0.3 is 9.73 Å². The van der Waals surface area contributed by atoms with Crippen molar-refractivity contribution in [3.63, 3.8) is 0 Å². The number of hydrogen-bond acceptors (Lipinski definition) is 3. The summed E-state index contributed by atoms with van der Waals surface area (Å²) in [5.41, 5.74) is 0. The first-order valence-electron chi connectivity index (χ1n) is 4.22. The molecule has 0 unspecified atom stereocenters. The standard InChI is InChI=1S/C10H7ClN2O2/c11-7-3-4-12-9(6-7)13-10(14)8-2-1-5-15-8/h1-6H,(H,12,13,14). The summed E-state index contributed by atoms with van der Waals surface area (Å²) in [5.74, 6) is 0.274. The van der Waals surface area contributed by atoms with Crippen molar-refractivity contribution in [2.45, 2.75) is 0 Å². The summed E-state index contributed by atoms with van der Waals surface area (Å²) in [7, 11) is 0. The van der Waals surface area contributed by atoms with Gasteiger partial charge in [0.15, 0.2) is 5.76 Å². The van der Waals surface area contributed by atoms with Gasteiger partial charge in [-0.05, 0) is 24.3 Å². The molecule has 0 fully saturated rings. The molecule has 1 amide bonds. The Morgan fingerprint density at radius 1 is 1.47 bits per heavy atom. The minimum absolute atomic E-state index is 0.233. The minimum atomic E-state index is -0.352. The predicted molar refractivity (Wildman–Crippen MR) is 55.9 cm³/mol. The van der Waals surface area contributed by atoms with Crippen LogP contribution < -0.4 is 5.32 Å². The number of nitrogens with zero attached hydrogens (tertiary/aromatic N) is 1. The van der Waals surface area contributed by atoms with Crippen molar-refractivity contribution < 1.29 is 9.21 Å². The van der Waals surface area contributed by atoms with Crippen molar-refractivity contribution in [2.75, 3.05) is 5.32 Å². The van der Waals surface area contributed by atoms with Crippen LogP contribution in [-0.2, 0) is 0 Å². The molecule has 0 aliphatic carbocycles. The predicted octanol–water partition coefficient (Wildman–Crippen LogP) is 2.58. The molecule has 2 aromatic heterocycles. The molecule has 0 saturated heterocycles. The number of amides is 1. The van der Waals surface area contributed by atoms with Crippen LogP contribution in [0.15, 0.2) is 41.1 Å². The SMILES string of the molecule is O=C(Nc1cc(Cl)ccn1)c1ccco1. The normalized spacial score (nSPS) is 9.93. The Bertz CT molecular complexity index is 468. The number of nitrogens with one attached hydrogen (secondary N) is 1. The first kappa shape index (κ1) is 9.73. The van der Waals surface area contributed by atoms with Crippen molar-refractivity contribution in [3.05, 3.63) is 47.5 Å². The summed E-state index contributed by atoms with van der Waals surface area (Å²) in [6.07, 6.45) is 2.94. The average molecular weight is 223 g/mol. The Labute approximate surface area is 90.9 Å². The van der Waals surface area contributed by atoms with Crippen LogP contribution >= 0.6 is 11.6 Å². The number of aromatic nitrogens is 1. The highest BCUT2D eigenvalue weighted by atomic mass is 35.5. The zero-order valence-corrected chi connectivity index (χ0v) is 8.36. The number of anilines is 1. The van der Waals surface area contributed by atoms with Gasteiger partial charge in [0.05, 0.1) is 6.26 Å². The Hall–Kier alpha value is -1.81. The van der Waals surface area contributed by atoms with E-state index >= 15 is 0 Å². The maximum atomic E-state index is 11.5. The molecule has 0 spiro atoms. The second-order valence-corrected chi connectivity index (χ2v) is 3.23. The average Bonchev–Trinajstić information content (AvgIpc) is 2.70. The minimum Gasteiger partial charge on any atom is -0.459 e. The zero-order valence-electron chi connectivity index (χ0n) is 7.61. The summed E-state index contributed by atoms with van der Waals surface area (Å²) < 4.78 is 4.92.